The molecule has 98 valence electrons. The normalized spacial score (nSPS) is 13.2. The van der Waals surface area contributed by atoms with E-state index in [1.807, 2.05) is 11.3 Å². The Morgan fingerprint density at radius 2 is 2.12 bits per heavy atom. The van der Waals surface area contributed by atoms with E-state index in [4.69, 9.17) is 0 Å². The lowest BCUT2D eigenvalue weighted by Crippen LogP contribution is -2.24. The number of rotatable bonds is 8. The van der Waals surface area contributed by atoms with Gasteiger partial charge >= 0.3 is 0 Å². The fraction of sp³-hybridized carbons (Fsp3) is 0.714. The van der Waals surface area contributed by atoms with Crippen molar-refractivity contribution in [3.8, 4) is 0 Å². The Morgan fingerprint density at radius 1 is 1.35 bits per heavy atom. The van der Waals surface area contributed by atoms with E-state index in [0.29, 0.717) is 6.04 Å². The zero-order valence-electron chi connectivity index (χ0n) is 11.5. The summed E-state index contributed by atoms with van der Waals surface area (Å²) in [4.78, 5) is 1.46. The Kier molecular flexibility index (Phi) is 7.24. The Morgan fingerprint density at radius 3 is 2.65 bits per heavy atom. The van der Waals surface area contributed by atoms with Crippen molar-refractivity contribution in [3.05, 3.63) is 21.9 Å². The molecule has 0 bridgehead atoms. The highest BCUT2D eigenvalue weighted by Crippen LogP contribution is 2.26. The van der Waals surface area contributed by atoms with Gasteiger partial charge in [0, 0.05) is 16.7 Å². The van der Waals surface area contributed by atoms with Crippen LogP contribution in [0.1, 0.15) is 43.7 Å². The molecule has 17 heavy (non-hydrogen) atoms. The lowest BCUT2D eigenvalue weighted by atomic mass is 10.1. The van der Waals surface area contributed by atoms with E-state index in [0.717, 1.165) is 12.5 Å². The third kappa shape index (κ3) is 5.45. The first-order valence-electron chi connectivity index (χ1n) is 6.50. The van der Waals surface area contributed by atoms with Crippen LogP contribution < -0.4 is 5.32 Å². The Hall–Kier alpha value is 0.01000. The first kappa shape index (κ1) is 15.1. The zero-order valence-corrected chi connectivity index (χ0v) is 13.1. The molecule has 1 rings (SSSR count). The predicted molar refractivity (Wildman–Crippen MR) is 82.3 cm³/mol. The number of hydrogen-bond acceptors (Lipinski definition) is 3. The van der Waals surface area contributed by atoms with Crippen LogP contribution in [0.4, 0.5) is 0 Å². The van der Waals surface area contributed by atoms with Gasteiger partial charge in [0.2, 0.25) is 0 Å². The highest BCUT2D eigenvalue weighted by Gasteiger charge is 2.14. The second-order valence-corrected chi connectivity index (χ2v) is 7.07. The number of thioether (sulfide) groups is 1. The molecule has 0 fully saturated rings. The summed E-state index contributed by atoms with van der Waals surface area (Å²) in [7, 11) is 0. The maximum Gasteiger partial charge on any atom is 0.0422 e. The van der Waals surface area contributed by atoms with Crippen molar-refractivity contribution < 1.29 is 0 Å². The quantitative estimate of drug-likeness (QED) is 0.748. The van der Waals surface area contributed by atoms with Crippen LogP contribution in [-0.2, 0) is 0 Å². The SMILES string of the molecule is CCCNC(CSCC(C)C)c1ccsc1C. The minimum absolute atomic E-state index is 0.532. The molecule has 1 nitrogen and oxygen atoms in total. The van der Waals surface area contributed by atoms with Gasteiger partial charge < -0.3 is 5.32 Å². The molecule has 0 aromatic carbocycles. The second kappa shape index (κ2) is 8.17. The van der Waals surface area contributed by atoms with Gasteiger partial charge in [0.05, 0.1) is 0 Å². The van der Waals surface area contributed by atoms with Gasteiger partial charge in [-0.1, -0.05) is 20.8 Å². The van der Waals surface area contributed by atoms with Crippen molar-refractivity contribution in [1.29, 1.82) is 0 Å². The van der Waals surface area contributed by atoms with E-state index < -0.39 is 0 Å². The van der Waals surface area contributed by atoms with Gasteiger partial charge in [0.1, 0.15) is 0 Å². The van der Waals surface area contributed by atoms with E-state index >= 15 is 0 Å². The van der Waals surface area contributed by atoms with E-state index in [9.17, 15) is 0 Å². The Balaban J connectivity index is 2.52. The lowest BCUT2D eigenvalue weighted by Gasteiger charge is -2.19. The molecule has 1 atom stereocenters. The van der Waals surface area contributed by atoms with Crippen molar-refractivity contribution in [2.75, 3.05) is 18.1 Å². The molecular formula is C14H25NS2. The molecule has 0 aliphatic rings. The minimum Gasteiger partial charge on any atom is -0.309 e. The highest BCUT2D eigenvalue weighted by molar-refractivity contribution is 7.99. The molecule has 0 aliphatic carbocycles. The van der Waals surface area contributed by atoms with Gasteiger partial charge in [0.15, 0.2) is 0 Å². The van der Waals surface area contributed by atoms with Gasteiger partial charge in [-0.2, -0.15) is 11.8 Å². The fourth-order valence-corrected chi connectivity index (χ4v) is 3.66. The third-order valence-electron chi connectivity index (χ3n) is 2.65. The lowest BCUT2D eigenvalue weighted by molar-refractivity contribution is 0.576. The van der Waals surface area contributed by atoms with Crippen molar-refractivity contribution >= 4 is 23.1 Å². The molecule has 3 heteroatoms. The van der Waals surface area contributed by atoms with Gasteiger partial charge in [-0.05, 0) is 48.6 Å². The van der Waals surface area contributed by atoms with Crippen molar-refractivity contribution in [2.45, 2.75) is 40.2 Å². The summed E-state index contributed by atoms with van der Waals surface area (Å²) in [5, 5.41) is 5.88. The standard InChI is InChI=1S/C14H25NS2/c1-5-7-15-14(10-16-9-11(2)3)13-6-8-17-12(13)4/h6,8,11,14-15H,5,7,9-10H2,1-4H3. The maximum absolute atomic E-state index is 3.67. The van der Waals surface area contributed by atoms with E-state index in [1.165, 1.54) is 28.4 Å². The number of nitrogens with one attached hydrogen (secondary N) is 1. The first-order valence-corrected chi connectivity index (χ1v) is 8.53. The fourth-order valence-electron chi connectivity index (χ4n) is 1.76. The van der Waals surface area contributed by atoms with Crippen LogP contribution in [0.3, 0.4) is 0 Å². The first-order chi connectivity index (χ1) is 8.15. The molecule has 0 saturated carbocycles. The molecule has 0 radical (unpaired) electrons. The van der Waals surface area contributed by atoms with E-state index in [-0.39, 0.29) is 0 Å². The van der Waals surface area contributed by atoms with E-state index in [1.54, 1.807) is 0 Å². The summed E-state index contributed by atoms with van der Waals surface area (Å²) in [6, 6.07) is 2.81. The summed E-state index contributed by atoms with van der Waals surface area (Å²) in [6.07, 6.45) is 1.20. The molecule has 0 spiro atoms. The molecular weight excluding hydrogens is 246 g/mol. The Labute approximate surface area is 114 Å². The van der Waals surface area contributed by atoms with Crippen LogP contribution in [0.5, 0.6) is 0 Å². The molecule has 0 amide bonds. The van der Waals surface area contributed by atoms with Crippen LogP contribution in [0, 0.1) is 12.8 Å². The molecule has 1 heterocycles. The van der Waals surface area contributed by atoms with Gasteiger partial charge in [0.25, 0.3) is 0 Å². The largest absolute Gasteiger partial charge is 0.309 e. The molecule has 0 aliphatic heterocycles. The smallest absolute Gasteiger partial charge is 0.0422 e. The summed E-state index contributed by atoms with van der Waals surface area (Å²) in [6.45, 7) is 10.1. The summed E-state index contributed by atoms with van der Waals surface area (Å²) in [5.41, 5.74) is 1.50. The van der Waals surface area contributed by atoms with Crippen molar-refractivity contribution in [3.63, 3.8) is 0 Å². The van der Waals surface area contributed by atoms with Crippen LogP contribution in [0.25, 0.3) is 0 Å². The van der Waals surface area contributed by atoms with Gasteiger partial charge in [-0.15, -0.1) is 11.3 Å². The monoisotopic (exact) mass is 271 g/mol. The average molecular weight is 271 g/mol. The van der Waals surface area contributed by atoms with Crippen molar-refractivity contribution in [2.24, 2.45) is 5.92 Å². The Bertz CT molecular complexity index is 307. The van der Waals surface area contributed by atoms with Crippen LogP contribution in [0.15, 0.2) is 11.4 Å². The predicted octanol–water partition coefficient (Wildman–Crippen LogP) is 4.49. The number of thiophene rings is 1. The second-order valence-electron chi connectivity index (χ2n) is 4.87. The van der Waals surface area contributed by atoms with E-state index in [2.05, 4.69) is 56.2 Å². The number of hydrogen-bond donors (Lipinski definition) is 1. The summed E-state index contributed by atoms with van der Waals surface area (Å²) in [5.74, 6) is 3.24. The van der Waals surface area contributed by atoms with Crippen LogP contribution in [-0.4, -0.2) is 18.1 Å². The minimum atomic E-state index is 0.532. The maximum atomic E-state index is 3.67. The highest BCUT2D eigenvalue weighted by atomic mass is 32.2. The topological polar surface area (TPSA) is 12.0 Å². The molecule has 0 saturated heterocycles. The third-order valence-corrected chi connectivity index (χ3v) is 4.98. The number of aryl methyl sites for hydroxylation is 1. The summed E-state index contributed by atoms with van der Waals surface area (Å²) < 4.78 is 0. The molecule has 1 aromatic heterocycles. The average Bonchev–Trinajstić information content (AvgIpc) is 2.69. The van der Waals surface area contributed by atoms with Crippen molar-refractivity contribution in [1.82, 2.24) is 5.32 Å². The molecule has 1 N–H and O–H groups in total. The van der Waals surface area contributed by atoms with Crippen LogP contribution >= 0.6 is 23.1 Å². The zero-order chi connectivity index (χ0) is 12.7. The molecule has 1 aromatic rings. The van der Waals surface area contributed by atoms with Gasteiger partial charge in [-0.3, -0.25) is 0 Å². The molecule has 1 unspecified atom stereocenters. The van der Waals surface area contributed by atoms with Gasteiger partial charge in [-0.25, -0.2) is 0 Å². The van der Waals surface area contributed by atoms with Crippen LogP contribution in [0.2, 0.25) is 0 Å². The summed E-state index contributed by atoms with van der Waals surface area (Å²) >= 11 is 3.93.